The van der Waals surface area contributed by atoms with E-state index in [1.807, 2.05) is 36.4 Å². The largest absolute Gasteiger partial charge is 0.384 e. The van der Waals surface area contributed by atoms with Crippen LogP contribution in [0.15, 0.2) is 30.3 Å². The lowest BCUT2D eigenvalue weighted by Crippen LogP contribution is -2.10. The van der Waals surface area contributed by atoms with Gasteiger partial charge in [-0.1, -0.05) is 36.4 Å². The number of hydrogen-bond donors (Lipinski definition) is 2. The van der Waals surface area contributed by atoms with Crippen molar-refractivity contribution in [3.8, 4) is 0 Å². The van der Waals surface area contributed by atoms with Crippen LogP contribution in [0.25, 0.3) is 6.08 Å². The van der Waals surface area contributed by atoms with Crippen molar-refractivity contribution in [3.05, 3.63) is 41.5 Å². The third-order valence-electron chi connectivity index (χ3n) is 1.62. The summed E-state index contributed by atoms with van der Waals surface area (Å²) in [5.41, 5.74) is 7.11. The summed E-state index contributed by atoms with van der Waals surface area (Å²) in [6, 6.07) is 7.44. The second-order valence-corrected chi connectivity index (χ2v) is 2.90. The molecule has 1 aromatic carbocycles. The summed E-state index contributed by atoms with van der Waals surface area (Å²) in [4.78, 5) is 0. The molecule has 0 aromatic heterocycles. The van der Waals surface area contributed by atoms with Crippen molar-refractivity contribution in [2.75, 3.05) is 5.88 Å². The van der Waals surface area contributed by atoms with Gasteiger partial charge in [-0.15, -0.1) is 11.6 Å². The first-order chi connectivity index (χ1) is 6.24. The molecule has 68 valence electrons. The van der Waals surface area contributed by atoms with Crippen molar-refractivity contribution in [1.29, 1.82) is 5.41 Å². The number of benzene rings is 1. The van der Waals surface area contributed by atoms with Crippen molar-refractivity contribution in [2.45, 2.75) is 0 Å². The van der Waals surface area contributed by atoms with Crippen molar-refractivity contribution in [3.63, 3.8) is 0 Å². The average molecular weight is 195 g/mol. The molecule has 0 fully saturated rings. The molecule has 13 heavy (non-hydrogen) atoms. The molecule has 0 bridgehead atoms. The van der Waals surface area contributed by atoms with E-state index in [0.717, 1.165) is 11.1 Å². The van der Waals surface area contributed by atoms with Gasteiger partial charge in [-0.05, 0) is 5.56 Å². The first kappa shape index (κ1) is 9.81. The van der Waals surface area contributed by atoms with E-state index in [0.29, 0.717) is 5.88 Å². The van der Waals surface area contributed by atoms with Crippen LogP contribution in [-0.2, 0) is 0 Å². The zero-order valence-electron chi connectivity index (χ0n) is 7.13. The predicted molar refractivity (Wildman–Crippen MR) is 57.2 cm³/mol. The Morgan fingerprint density at radius 3 is 2.46 bits per heavy atom. The highest BCUT2D eigenvalue weighted by atomic mass is 35.5. The van der Waals surface area contributed by atoms with Gasteiger partial charge in [0.05, 0.1) is 0 Å². The van der Waals surface area contributed by atoms with Crippen LogP contribution < -0.4 is 5.73 Å². The van der Waals surface area contributed by atoms with E-state index in [-0.39, 0.29) is 5.84 Å². The molecular weight excluding hydrogens is 184 g/mol. The molecule has 0 amide bonds. The van der Waals surface area contributed by atoms with E-state index in [9.17, 15) is 0 Å². The van der Waals surface area contributed by atoms with Gasteiger partial charge in [-0.2, -0.15) is 0 Å². The molecule has 0 radical (unpaired) electrons. The van der Waals surface area contributed by atoms with Crippen LogP contribution in [0.5, 0.6) is 0 Å². The second kappa shape index (κ2) is 4.67. The number of alkyl halides is 1. The maximum atomic E-state index is 7.18. The second-order valence-electron chi connectivity index (χ2n) is 2.59. The fourth-order valence-corrected chi connectivity index (χ4v) is 1.04. The molecular formula is C10H11ClN2. The smallest absolute Gasteiger partial charge is 0.122 e. The summed E-state index contributed by atoms with van der Waals surface area (Å²) in [6.07, 6.45) is 3.79. The highest BCUT2D eigenvalue weighted by Crippen LogP contribution is 2.05. The molecule has 3 N–H and O–H groups in total. The predicted octanol–water partition coefficient (Wildman–Crippen LogP) is 2.22. The summed E-state index contributed by atoms with van der Waals surface area (Å²) >= 11 is 5.49. The summed E-state index contributed by atoms with van der Waals surface area (Å²) in [7, 11) is 0. The van der Waals surface area contributed by atoms with Gasteiger partial charge < -0.3 is 5.73 Å². The molecule has 1 aromatic rings. The lowest BCUT2D eigenvalue weighted by Gasteiger charge is -1.97. The highest BCUT2D eigenvalue weighted by Gasteiger charge is 1.93. The van der Waals surface area contributed by atoms with Gasteiger partial charge in [0.15, 0.2) is 0 Å². The Morgan fingerprint density at radius 2 is 2.00 bits per heavy atom. The lowest BCUT2D eigenvalue weighted by atomic mass is 10.1. The van der Waals surface area contributed by atoms with Crippen molar-refractivity contribution >= 4 is 23.5 Å². The van der Waals surface area contributed by atoms with Crippen LogP contribution in [0.2, 0.25) is 0 Å². The zero-order valence-corrected chi connectivity index (χ0v) is 7.88. The number of nitrogens with one attached hydrogen (secondary N) is 1. The maximum Gasteiger partial charge on any atom is 0.122 e. The lowest BCUT2D eigenvalue weighted by molar-refractivity contribution is 1.42. The topological polar surface area (TPSA) is 49.9 Å². The minimum Gasteiger partial charge on any atom is -0.384 e. The van der Waals surface area contributed by atoms with Crippen LogP contribution in [0.4, 0.5) is 0 Å². The van der Waals surface area contributed by atoms with Crippen LogP contribution in [-0.4, -0.2) is 11.7 Å². The third-order valence-corrected chi connectivity index (χ3v) is 1.80. The van der Waals surface area contributed by atoms with E-state index in [4.69, 9.17) is 22.7 Å². The third kappa shape index (κ3) is 2.92. The van der Waals surface area contributed by atoms with E-state index in [2.05, 4.69) is 0 Å². The highest BCUT2D eigenvalue weighted by molar-refractivity contribution is 6.19. The maximum absolute atomic E-state index is 7.18. The summed E-state index contributed by atoms with van der Waals surface area (Å²) < 4.78 is 0. The number of rotatable bonds is 3. The first-order valence-corrected chi connectivity index (χ1v) is 4.44. The molecule has 0 aliphatic carbocycles. The van der Waals surface area contributed by atoms with Gasteiger partial charge in [-0.25, -0.2) is 0 Å². The Labute approximate surface area is 82.5 Å². The minimum absolute atomic E-state index is 0.0906. The Kier molecular flexibility index (Phi) is 3.53. The number of hydrogen-bond acceptors (Lipinski definition) is 1. The summed E-state index contributed by atoms with van der Waals surface area (Å²) in [5, 5.41) is 7.18. The van der Waals surface area contributed by atoms with E-state index >= 15 is 0 Å². The Hall–Kier alpha value is -1.28. The molecule has 0 aliphatic heterocycles. The molecule has 3 heteroatoms. The van der Waals surface area contributed by atoms with Crippen molar-refractivity contribution in [1.82, 2.24) is 0 Å². The molecule has 0 saturated heterocycles. The number of amidine groups is 1. The van der Waals surface area contributed by atoms with Crippen LogP contribution in [0.1, 0.15) is 11.1 Å². The monoisotopic (exact) mass is 194 g/mol. The summed E-state index contributed by atoms with van der Waals surface area (Å²) in [5.74, 6) is 0.599. The SMILES string of the molecule is N=C(N)c1ccc(C=CCCl)cc1. The standard InChI is InChI=1S/C10H11ClN2/c11-7-1-2-8-3-5-9(6-4-8)10(12)13/h1-6H,7H2,(H3,12,13). The van der Waals surface area contributed by atoms with Crippen LogP contribution in [0, 0.1) is 5.41 Å². The normalized spacial score (nSPS) is 10.5. The van der Waals surface area contributed by atoms with Gasteiger partial charge in [0.2, 0.25) is 0 Å². The Morgan fingerprint density at radius 1 is 1.38 bits per heavy atom. The van der Waals surface area contributed by atoms with Crippen molar-refractivity contribution in [2.24, 2.45) is 5.73 Å². The van der Waals surface area contributed by atoms with Crippen molar-refractivity contribution < 1.29 is 0 Å². The number of nitrogens with two attached hydrogens (primary N) is 1. The van der Waals surface area contributed by atoms with Crippen LogP contribution >= 0.6 is 11.6 Å². The molecule has 0 saturated carbocycles. The molecule has 1 rings (SSSR count). The van der Waals surface area contributed by atoms with Gasteiger partial charge in [-0.3, -0.25) is 5.41 Å². The molecule has 0 aliphatic rings. The first-order valence-electron chi connectivity index (χ1n) is 3.91. The fraction of sp³-hybridized carbons (Fsp3) is 0.100. The van der Waals surface area contributed by atoms with E-state index in [1.165, 1.54) is 0 Å². The quantitative estimate of drug-likeness (QED) is 0.433. The Balaban J connectivity index is 2.81. The number of allylic oxidation sites excluding steroid dienone is 1. The molecule has 0 spiro atoms. The van der Waals surface area contributed by atoms with Gasteiger partial charge in [0, 0.05) is 11.4 Å². The fourth-order valence-electron chi connectivity index (χ4n) is 0.954. The minimum atomic E-state index is 0.0906. The number of nitrogen functional groups attached to an aromatic ring is 1. The molecule has 2 nitrogen and oxygen atoms in total. The van der Waals surface area contributed by atoms with Gasteiger partial charge >= 0.3 is 0 Å². The molecule has 0 heterocycles. The van der Waals surface area contributed by atoms with E-state index < -0.39 is 0 Å². The average Bonchev–Trinajstić information content (AvgIpc) is 2.15. The van der Waals surface area contributed by atoms with E-state index in [1.54, 1.807) is 0 Å². The van der Waals surface area contributed by atoms with Gasteiger partial charge in [0.25, 0.3) is 0 Å². The zero-order chi connectivity index (χ0) is 9.68. The Bertz CT molecular complexity index is 314. The summed E-state index contributed by atoms with van der Waals surface area (Å²) in [6.45, 7) is 0. The molecule has 0 unspecified atom stereocenters. The number of halogens is 1. The van der Waals surface area contributed by atoms with Crippen LogP contribution in [0.3, 0.4) is 0 Å². The molecule has 0 atom stereocenters. The van der Waals surface area contributed by atoms with Gasteiger partial charge in [0.1, 0.15) is 5.84 Å².